The number of anilines is 1. The molecule has 5 heteroatoms. The summed E-state index contributed by atoms with van der Waals surface area (Å²) in [6.07, 6.45) is 3.90. The minimum atomic E-state index is -0.0229. The highest BCUT2D eigenvalue weighted by Crippen LogP contribution is 2.23. The van der Waals surface area contributed by atoms with Gasteiger partial charge in [-0.25, -0.2) is 4.68 Å². The number of nitrogens with one attached hydrogen (secondary N) is 1. The van der Waals surface area contributed by atoms with E-state index in [-0.39, 0.29) is 5.56 Å². The van der Waals surface area contributed by atoms with Crippen molar-refractivity contribution in [3.8, 4) is 11.3 Å². The van der Waals surface area contributed by atoms with Gasteiger partial charge in [0.2, 0.25) is 0 Å². The maximum Gasteiger partial charge on any atom is 0.266 e. The molecule has 1 aliphatic heterocycles. The van der Waals surface area contributed by atoms with Crippen LogP contribution >= 0.6 is 0 Å². The van der Waals surface area contributed by atoms with E-state index >= 15 is 0 Å². The summed E-state index contributed by atoms with van der Waals surface area (Å²) in [5.74, 6) is 0. The lowest BCUT2D eigenvalue weighted by Gasteiger charge is -2.28. The average Bonchev–Trinajstić information content (AvgIpc) is 2.71. The second kappa shape index (κ2) is 8.99. The number of rotatable bonds is 7. The summed E-state index contributed by atoms with van der Waals surface area (Å²) in [7, 11) is 0. The Labute approximate surface area is 156 Å². The number of piperidine rings is 1. The maximum atomic E-state index is 12.1. The average molecular weight is 356 g/mol. The first kappa shape index (κ1) is 18.6. The molecule has 1 saturated heterocycles. The maximum absolute atomic E-state index is 12.1. The molecule has 0 spiro atoms. The molecule has 0 unspecified atom stereocenters. The van der Waals surface area contributed by atoms with E-state index in [0.717, 1.165) is 44.0 Å². The standard InChI is InChI=1S/C21H30N4O/c1-3-23(4-2)16-17-25-21(26)13-12-20(22-25)18-8-10-19(11-9-18)24-14-6-5-7-15-24/h8-13H,3-7,14-17H2,1-2H3/p+1. The van der Waals surface area contributed by atoms with Gasteiger partial charge in [0.15, 0.2) is 0 Å². The van der Waals surface area contributed by atoms with Crippen LogP contribution in [0.3, 0.4) is 0 Å². The number of aromatic nitrogens is 2. The highest BCUT2D eigenvalue weighted by atomic mass is 16.1. The molecule has 3 rings (SSSR count). The summed E-state index contributed by atoms with van der Waals surface area (Å²) in [6.45, 7) is 10.4. The van der Waals surface area contributed by atoms with Crippen molar-refractivity contribution in [2.45, 2.75) is 39.7 Å². The Hall–Kier alpha value is -2.14. The molecule has 1 aliphatic rings. The van der Waals surface area contributed by atoms with Gasteiger partial charge in [-0.2, -0.15) is 5.10 Å². The topological polar surface area (TPSA) is 42.6 Å². The highest BCUT2D eigenvalue weighted by Gasteiger charge is 2.11. The van der Waals surface area contributed by atoms with E-state index in [1.807, 2.05) is 6.07 Å². The molecular weight excluding hydrogens is 324 g/mol. The Morgan fingerprint density at radius 3 is 2.31 bits per heavy atom. The van der Waals surface area contributed by atoms with Crippen LogP contribution in [-0.2, 0) is 6.54 Å². The van der Waals surface area contributed by atoms with Gasteiger partial charge in [-0.3, -0.25) is 4.79 Å². The SMILES string of the molecule is CC[NH+](CC)CCn1nc(-c2ccc(N3CCCCC3)cc2)ccc1=O. The van der Waals surface area contributed by atoms with Crippen LogP contribution in [0.1, 0.15) is 33.1 Å². The zero-order chi connectivity index (χ0) is 18.4. The fourth-order valence-corrected chi connectivity index (χ4v) is 3.63. The van der Waals surface area contributed by atoms with Crippen molar-refractivity contribution in [1.29, 1.82) is 0 Å². The Morgan fingerprint density at radius 2 is 1.65 bits per heavy atom. The zero-order valence-corrected chi connectivity index (χ0v) is 16.1. The van der Waals surface area contributed by atoms with Crippen molar-refractivity contribution in [1.82, 2.24) is 9.78 Å². The van der Waals surface area contributed by atoms with E-state index in [0.29, 0.717) is 6.54 Å². The smallest absolute Gasteiger partial charge is 0.266 e. The molecule has 0 aliphatic carbocycles. The van der Waals surface area contributed by atoms with E-state index in [1.165, 1.54) is 29.8 Å². The van der Waals surface area contributed by atoms with E-state index in [2.05, 4.69) is 48.1 Å². The normalized spacial score (nSPS) is 14.8. The summed E-state index contributed by atoms with van der Waals surface area (Å²) in [5, 5.41) is 4.60. The molecular formula is C21H31N4O+. The molecule has 1 aromatic carbocycles. The number of benzene rings is 1. The van der Waals surface area contributed by atoms with Crippen LogP contribution in [-0.4, -0.2) is 42.5 Å². The van der Waals surface area contributed by atoms with E-state index in [4.69, 9.17) is 0 Å². The van der Waals surface area contributed by atoms with Crippen LogP contribution < -0.4 is 15.4 Å². The molecule has 1 aromatic heterocycles. The predicted octanol–water partition coefficient (Wildman–Crippen LogP) is 1.83. The highest BCUT2D eigenvalue weighted by molar-refractivity contribution is 5.62. The van der Waals surface area contributed by atoms with Crippen LogP contribution in [0, 0.1) is 0 Å². The summed E-state index contributed by atoms with van der Waals surface area (Å²) in [6, 6.07) is 12.1. The van der Waals surface area contributed by atoms with Gasteiger partial charge in [-0.05, 0) is 51.3 Å². The van der Waals surface area contributed by atoms with Gasteiger partial charge in [0.25, 0.3) is 5.56 Å². The second-order valence-electron chi connectivity index (χ2n) is 7.08. The number of hydrogen-bond donors (Lipinski definition) is 1. The molecule has 2 aromatic rings. The lowest BCUT2D eigenvalue weighted by Crippen LogP contribution is -3.11. The second-order valence-corrected chi connectivity index (χ2v) is 7.08. The van der Waals surface area contributed by atoms with Crippen molar-refractivity contribution < 1.29 is 4.90 Å². The molecule has 0 radical (unpaired) electrons. The molecule has 5 nitrogen and oxygen atoms in total. The molecule has 1 fully saturated rings. The zero-order valence-electron chi connectivity index (χ0n) is 16.1. The van der Waals surface area contributed by atoms with E-state index in [1.54, 1.807) is 10.7 Å². The Bertz CT molecular complexity index is 743. The molecule has 140 valence electrons. The molecule has 0 amide bonds. The summed E-state index contributed by atoms with van der Waals surface area (Å²) < 4.78 is 1.61. The molecule has 2 heterocycles. The third kappa shape index (κ3) is 4.52. The summed E-state index contributed by atoms with van der Waals surface area (Å²) in [4.78, 5) is 16.1. The molecule has 0 atom stereocenters. The quantitative estimate of drug-likeness (QED) is 0.824. The van der Waals surface area contributed by atoms with Gasteiger partial charge in [0, 0.05) is 30.4 Å². The Kier molecular flexibility index (Phi) is 6.45. The van der Waals surface area contributed by atoms with Crippen LogP contribution in [0.5, 0.6) is 0 Å². The number of quaternary nitrogens is 1. The lowest BCUT2D eigenvalue weighted by molar-refractivity contribution is -0.897. The summed E-state index contributed by atoms with van der Waals surface area (Å²) >= 11 is 0. The van der Waals surface area contributed by atoms with Crippen molar-refractivity contribution in [3.63, 3.8) is 0 Å². The summed E-state index contributed by atoms with van der Waals surface area (Å²) in [5.41, 5.74) is 3.19. The first-order chi connectivity index (χ1) is 12.7. The fourth-order valence-electron chi connectivity index (χ4n) is 3.63. The molecule has 1 N–H and O–H groups in total. The monoisotopic (exact) mass is 355 g/mol. The van der Waals surface area contributed by atoms with Crippen LogP contribution in [0.4, 0.5) is 5.69 Å². The van der Waals surface area contributed by atoms with Crippen LogP contribution in [0.25, 0.3) is 11.3 Å². The minimum absolute atomic E-state index is 0.0229. The van der Waals surface area contributed by atoms with Crippen LogP contribution in [0.15, 0.2) is 41.2 Å². The minimum Gasteiger partial charge on any atom is -0.372 e. The van der Waals surface area contributed by atoms with Gasteiger partial charge < -0.3 is 9.80 Å². The lowest BCUT2D eigenvalue weighted by atomic mass is 10.1. The van der Waals surface area contributed by atoms with Gasteiger partial charge in [0.1, 0.15) is 0 Å². The fraction of sp³-hybridized carbons (Fsp3) is 0.524. The Balaban J connectivity index is 1.74. The van der Waals surface area contributed by atoms with E-state index < -0.39 is 0 Å². The van der Waals surface area contributed by atoms with Gasteiger partial charge in [-0.15, -0.1) is 0 Å². The number of nitrogens with zero attached hydrogens (tertiary/aromatic N) is 3. The first-order valence-corrected chi connectivity index (χ1v) is 9.98. The van der Waals surface area contributed by atoms with Crippen LogP contribution in [0.2, 0.25) is 0 Å². The molecule has 26 heavy (non-hydrogen) atoms. The molecule has 0 saturated carbocycles. The van der Waals surface area contributed by atoms with Crippen molar-refractivity contribution >= 4 is 5.69 Å². The van der Waals surface area contributed by atoms with Gasteiger partial charge in [-0.1, -0.05) is 12.1 Å². The van der Waals surface area contributed by atoms with Crippen molar-refractivity contribution in [2.24, 2.45) is 0 Å². The Morgan fingerprint density at radius 1 is 0.962 bits per heavy atom. The number of hydrogen-bond acceptors (Lipinski definition) is 3. The van der Waals surface area contributed by atoms with Gasteiger partial charge in [0.05, 0.1) is 31.9 Å². The third-order valence-corrected chi connectivity index (χ3v) is 5.43. The number of likely N-dealkylation sites (N-methyl/N-ethyl adjacent to an activating group) is 1. The third-order valence-electron chi connectivity index (χ3n) is 5.43. The predicted molar refractivity (Wildman–Crippen MR) is 107 cm³/mol. The first-order valence-electron chi connectivity index (χ1n) is 9.98. The van der Waals surface area contributed by atoms with E-state index in [9.17, 15) is 4.79 Å². The van der Waals surface area contributed by atoms with Crippen molar-refractivity contribution in [3.05, 3.63) is 46.8 Å². The largest absolute Gasteiger partial charge is 0.372 e. The van der Waals surface area contributed by atoms with Gasteiger partial charge >= 0.3 is 0 Å². The van der Waals surface area contributed by atoms with Crippen molar-refractivity contribution in [2.75, 3.05) is 37.6 Å². The molecule has 0 bridgehead atoms.